The Hall–Kier alpha value is -1.19. The lowest BCUT2D eigenvalue weighted by molar-refractivity contribution is 0.628. The fourth-order valence-corrected chi connectivity index (χ4v) is 3.42. The average molecular weight is 311 g/mol. The molecule has 1 aliphatic carbocycles. The van der Waals surface area contributed by atoms with E-state index in [1.807, 2.05) is 0 Å². The second kappa shape index (κ2) is 5.66. The Kier molecular flexibility index (Phi) is 3.90. The summed E-state index contributed by atoms with van der Waals surface area (Å²) in [5, 5.41) is 0.771. The third-order valence-electron chi connectivity index (χ3n) is 3.70. The van der Waals surface area contributed by atoms with Crippen molar-refractivity contribution in [3.05, 3.63) is 46.0 Å². The number of nitrogens with zero attached hydrogens (tertiary/aromatic N) is 2. The topological polar surface area (TPSA) is 25.8 Å². The maximum absolute atomic E-state index is 13.3. The smallest absolute Gasteiger partial charge is 0.162 e. The van der Waals surface area contributed by atoms with E-state index in [1.54, 1.807) is 12.1 Å². The summed E-state index contributed by atoms with van der Waals surface area (Å²) in [6.07, 6.45) is 4.51. The van der Waals surface area contributed by atoms with Gasteiger partial charge in [-0.15, -0.1) is 0 Å². The second-order valence-corrected chi connectivity index (χ2v) is 5.75. The summed E-state index contributed by atoms with van der Waals surface area (Å²) < 4.78 is 13.3. The first-order chi connectivity index (χ1) is 9.65. The van der Waals surface area contributed by atoms with E-state index in [0.29, 0.717) is 27.6 Å². The summed E-state index contributed by atoms with van der Waals surface area (Å²) in [6.45, 7) is 0. The highest BCUT2D eigenvalue weighted by Gasteiger charge is 2.24. The zero-order chi connectivity index (χ0) is 14.1. The molecular weight excluding hydrogens is 298 g/mol. The molecule has 0 spiro atoms. The van der Waals surface area contributed by atoms with Gasteiger partial charge in [0.15, 0.2) is 5.82 Å². The highest BCUT2D eigenvalue weighted by molar-refractivity contribution is 6.34. The molecule has 3 rings (SSSR count). The molecule has 0 bridgehead atoms. The van der Waals surface area contributed by atoms with Gasteiger partial charge in [0, 0.05) is 11.1 Å². The molecule has 1 aromatic carbocycles. The summed E-state index contributed by atoms with van der Waals surface area (Å²) >= 11 is 12.6. The van der Waals surface area contributed by atoms with Gasteiger partial charge in [-0.2, -0.15) is 0 Å². The largest absolute Gasteiger partial charge is 0.216 e. The van der Waals surface area contributed by atoms with E-state index in [4.69, 9.17) is 23.2 Å². The van der Waals surface area contributed by atoms with E-state index in [2.05, 4.69) is 9.97 Å². The molecule has 1 aromatic heterocycles. The lowest BCUT2D eigenvalue weighted by atomic mass is 10.0. The van der Waals surface area contributed by atoms with Crippen LogP contribution < -0.4 is 0 Å². The van der Waals surface area contributed by atoms with Crippen LogP contribution in [0.2, 0.25) is 10.3 Å². The molecule has 0 atom stereocenters. The number of hydrogen-bond donors (Lipinski definition) is 0. The van der Waals surface area contributed by atoms with Crippen molar-refractivity contribution in [1.82, 2.24) is 9.97 Å². The van der Waals surface area contributed by atoms with Crippen LogP contribution >= 0.6 is 23.2 Å². The first-order valence-electron chi connectivity index (χ1n) is 6.64. The van der Waals surface area contributed by atoms with Gasteiger partial charge in [0.05, 0.1) is 0 Å². The molecule has 0 radical (unpaired) electrons. The van der Waals surface area contributed by atoms with Crippen LogP contribution in [-0.2, 0) is 0 Å². The first-order valence-corrected chi connectivity index (χ1v) is 7.39. The fraction of sp³-hybridized carbons (Fsp3) is 0.333. The van der Waals surface area contributed by atoms with Gasteiger partial charge in [-0.25, -0.2) is 14.4 Å². The fourth-order valence-electron chi connectivity index (χ4n) is 2.72. The molecule has 104 valence electrons. The minimum atomic E-state index is -0.335. The van der Waals surface area contributed by atoms with Crippen molar-refractivity contribution in [2.24, 2.45) is 0 Å². The third-order valence-corrected chi connectivity index (χ3v) is 4.28. The minimum absolute atomic E-state index is 0.335. The predicted octanol–water partition coefficient (Wildman–Crippen LogP) is 5.25. The Bertz CT molecular complexity index is 617. The number of benzene rings is 1. The van der Waals surface area contributed by atoms with Crippen molar-refractivity contribution in [2.75, 3.05) is 0 Å². The van der Waals surface area contributed by atoms with Crippen molar-refractivity contribution in [3.63, 3.8) is 0 Å². The Morgan fingerprint density at radius 1 is 1.05 bits per heavy atom. The quantitative estimate of drug-likeness (QED) is 0.708. The molecule has 20 heavy (non-hydrogen) atoms. The van der Waals surface area contributed by atoms with Gasteiger partial charge in [0.25, 0.3) is 0 Å². The molecule has 0 unspecified atom stereocenters. The van der Waals surface area contributed by atoms with Gasteiger partial charge in [0.1, 0.15) is 16.1 Å². The molecule has 1 saturated carbocycles. The maximum Gasteiger partial charge on any atom is 0.162 e. The van der Waals surface area contributed by atoms with E-state index in [0.717, 1.165) is 18.4 Å². The molecule has 0 N–H and O–H groups in total. The second-order valence-electron chi connectivity index (χ2n) is 5.03. The lowest BCUT2D eigenvalue weighted by Crippen LogP contribution is -2.01. The maximum atomic E-state index is 13.3. The van der Waals surface area contributed by atoms with Crippen LogP contribution in [0.15, 0.2) is 24.3 Å². The average Bonchev–Trinajstić information content (AvgIpc) is 2.91. The zero-order valence-corrected chi connectivity index (χ0v) is 12.3. The van der Waals surface area contributed by atoms with Gasteiger partial charge < -0.3 is 0 Å². The van der Waals surface area contributed by atoms with Gasteiger partial charge in [-0.05, 0) is 30.9 Å². The van der Waals surface area contributed by atoms with Crippen molar-refractivity contribution < 1.29 is 4.39 Å². The Morgan fingerprint density at radius 2 is 1.70 bits per heavy atom. The third kappa shape index (κ3) is 2.65. The highest BCUT2D eigenvalue weighted by Crippen LogP contribution is 2.40. The molecule has 1 fully saturated rings. The van der Waals surface area contributed by atoms with Crippen molar-refractivity contribution >= 4 is 23.2 Å². The SMILES string of the molecule is Fc1cccc(-c2nc(Cl)c(C3CCCC3)c(Cl)n2)c1. The lowest BCUT2D eigenvalue weighted by Gasteiger charge is -2.13. The zero-order valence-electron chi connectivity index (χ0n) is 10.7. The monoisotopic (exact) mass is 310 g/mol. The predicted molar refractivity (Wildman–Crippen MR) is 78.7 cm³/mol. The van der Waals surface area contributed by atoms with Gasteiger partial charge in [-0.3, -0.25) is 0 Å². The molecule has 0 aliphatic heterocycles. The molecule has 5 heteroatoms. The molecule has 2 nitrogen and oxygen atoms in total. The minimum Gasteiger partial charge on any atom is -0.216 e. The van der Waals surface area contributed by atoms with Crippen LogP contribution in [0.1, 0.15) is 37.2 Å². The summed E-state index contributed by atoms with van der Waals surface area (Å²) in [5.74, 6) is 0.371. The highest BCUT2D eigenvalue weighted by atomic mass is 35.5. The standard InChI is InChI=1S/C15H13Cl2FN2/c16-13-12(9-4-1-2-5-9)14(17)20-15(19-13)10-6-3-7-11(18)8-10/h3,6-9H,1-2,4-5H2. The Labute approximate surface area is 127 Å². The number of rotatable bonds is 2. The summed E-state index contributed by atoms with van der Waals surface area (Å²) in [4.78, 5) is 8.59. The number of hydrogen-bond acceptors (Lipinski definition) is 2. The van der Waals surface area contributed by atoms with Gasteiger partial charge >= 0.3 is 0 Å². The summed E-state index contributed by atoms with van der Waals surface area (Å²) in [7, 11) is 0. The van der Waals surface area contributed by atoms with Crippen molar-refractivity contribution in [3.8, 4) is 11.4 Å². The summed E-state index contributed by atoms with van der Waals surface area (Å²) in [6, 6.07) is 6.10. The molecule has 0 amide bonds. The van der Waals surface area contributed by atoms with E-state index < -0.39 is 0 Å². The van der Waals surface area contributed by atoms with E-state index >= 15 is 0 Å². The Balaban J connectivity index is 2.03. The first kappa shape index (κ1) is 13.8. The van der Waals surface area contributed by atoms with Crippen molar-refractivity contribution in [2.45, 2.75) is 31.6 Å². The van der Waals surface area contributed by atoms with Crippen LogP contribution in [-0.4, -0.2) is 9.97 Å². The normalized spacial score (nSPS) is 15.8. The van der Waals surface area contributed by atoms with E-state index in [-0.39, 0.29) is 5.82 Å². The summed E-state index contributed by atoms with van der Waals surface area (Å²) in [5.41, 5.74) is 1.41. The van der Waals surface area contributed by atoms with Crippen LogP contribution in [0.25, 0.3) is 11.4 Å². The van der Waals surface area contributed by atoms with Gasteiger partial charge in [0.2, 0.25) is 0 Å². The number of aromatic nitrogens is 2. The van der Waals surface area contributed by atoms with Crippen LogP contribution in [0.4, 0.5) is 4.39 Å². The van der Waals surface area contributed by atoms with Gasteiger partial charge in [-0.1, -0.05) is 48.2 Å². The Morgan fingerprint density at radius 3 is 2.30 bits per heavy atom. The molecule has 1 aliphatic rings. The van der Waals surface area contributed by atoms with Crippen LogP contribution in [0.5, 0.6) is 0 Å². The molecule has 0 saturated heterocycles. The van der Waals surface area contributed by atoms with E-state index in [1.165, 1.54) is 25.0 Å². The molecular formula is C15H13Cl2FN2. The van der Waals surface area contributed by atoms with Crippen molar-refractivity contribution in [1.29, 1.82) is 0 Å². The van der Waals surface area contributed by atoms with E-state index in [9.17, 15) is 4.39 Å². The molecule has 2 aromatic rings. The van der Waals surface area contributed by atoms with Crippen LogP contribution in [0, 0.1) is 5.82 Å². The molecule has 1 heterocycles. The number of halogens is 3. The van der Waals surface area contributed by atoms with Crippen LogP contribution in [0.3, 0.4) is 0 Å².